The van der Waals surface area contributed by atoms with E-state index < -0.39 is 0 Å². The number of hydrogen-bond acceptors (Lipinski definition) is 6. The molecule has 0 aliphatic carbocycles. The second kappa shape index (κ2) is 10.0. The summed E-state index contributed by atoms with van der Waals surface area (Å²) in [7, 11) is 1.58. The molecule has 7 nitrogen and oxygen atoms in total. The monoisotopic (exact) mass is 428 g/mol. The molecule has 30 heavy (non-hydrogen) atoms. The topological polar surface area (TPSA) is 86.1 Å². The van der Waals surface area contributed by atoms with E-state index in [0.717, 1.165) is 5.69 Å². The van der Waals surface area contributed by atoms with Crippen molar-refractivity contribution in [3.8, 4) is 11.4 Å². The Balaban J connectivity index is 1.83. The van der Waals surface area contributed by atoms with Crippen LogP contribution >= 0.6 is 11.8 Å². The first kappa shape index (κ1) is 21.5. The second-order valence-corrected chi connectivity index (χ2v) is 7.33. The Morgan fingerprint density at radius 2 is 1.93 bits per heavy atom. The molecular weight excluding hydrogens is 407 g/mol. The standard InChI is InChI=1S/C21H21FN4O3S/c1-14(27)23-11-10-20-24-25-21(26(20)17-4-3-5-18(12-17)29-2)30-13-19(28)15-6-8-16(22)9-7-15/h3-9,12H,10-11,13H2,1-2H3,(H,23,27). The van der Waals surface area contributed by atoms with Gasteiger partial charge < -0.3 is 10.1 Å². The van der Waals surface area contributed by atoms with Gasteiger partial charge in [0.15, 0.2) is 10.9 Å². The van der Waals surface area contributed by atoms with E-state index in [2.05, 4.69) is 15.5 Å². The molecule has 2 aromatic carbocycles. The van der Waals surface area contributed by atoms with Crippen molar-refractivity contribution in [2.24, 2.45) is 0 Å². The lowest BCUT2D eigenvalue weighted by Gasteiger charge is -2.11. The molecule has 0 bridgehead atoms. The van der Waals surface area contributed by atoms with Gasteiger partial charge in [0.1, 0.15) is 17.4 Å². The van der Waals surface area contributed by atoms with Crippen LogP contribution in [0.25, 0.3) is 5.69 Å². The van der Waals surface area contributed by atoms with Crippen LogP contribution in [-0.4, -0.2) is 45.9 Å². The van der Waals surface area contributed by atoms with Crippen molar-refractivity contribution in [3.63, 3.8) is 0 Å². The zero-order chi connectivity index (χ0) is 21.5. The molecule has 0 atom stereocenters. The molecule has 3 rings (SSSR count). The minimum absolute atomic E-state index is 0.123. The lowest BCUT2D eigenvalue weighted by atomic mass is 10.1. The second-order valence-electron chi connectivity index (χ2n) is 6.39. The molecular formula is C21H21FN4O3S. The van der Waals surface area contributed by atoms with Gasteiger partial charge in [0.25, 0.3) is 0 Å². The summed E-state index contributed by atoms with van der Waals surface area (Å²) in [4.78, 5) is 23.6. The zero-order valence-electron chi connectivity index (χ0n) is 16.6. The number of Topliss-reactive ketones (excluding diaryl/α,β-unsaturated/α-hetero) is 1. The number of amides is 1. The van der Waals surface area contributed by atoms with E-state index in [1.807, 2.05) is 28.8 Å². The van der Waals surface area contributed by atoms with Crippen LogP contribution < -0.4 is 10.1 Å². The molecule has 0 spiro atoms. The fraction of sp³-hybridized carbons (Fsp3) is 0.238. The maximum Gasteiger partial charge on any atom is 0.216 e. The Bertz CT molecular complexity index is 1040. The van der Waals surface area contributed by atoms with Crippen LogP contribution in [0.15, 0.2) is 53.7 Å². The van der Waals surface area contributed by atoms with Crippen LogP contribution in [0.4, 0.5) is 4.39 Å². The number of halogens is 1. The third kappa shape index (κ3) is 5.44. The van der Waals surface area contributed by atoms with Gasteiger partial charge in [-0.1, -0.05) is 17.8 Å². The number of hydrogen-bond donors (Lipinski definition) is 1. The van der Waals surface area contributed by atoms with Crippen LogP contribution in [0.3, 0.4) is 0 Å². The number of carbonyl (C=O) groups is 2. The Labute approximate surface area is 177 Å². The van der Waals surface area contributed by atoms with E-state index in [-0.39, 0.29) is 23.3 Å². The summed E-state index contributed by atoms with van der Waals surface area (Å²) in [5.74, 6) is 0.795. The van der Waals surface area contributed by atoms with E-state index in [4.69, 9.17) is 4.74 Å². The Morgan fingerprint density at radius 1 is 1.17 bits per heavy atom. The lowest BCUT2D eigenvalue weighted by molar-refractivity contribution is -0.118. The molecule has 156 valence electrons. The zero-order valence-corrected chi connectivity index (χ0v) is 17.4. The highest BCUT2D eigenvalue weighted by atomic mass is 32.2. The number of benzene rings is 2. The van der Waals surface area contributed by atoms with Crippen molar-refractivity contribution in [2.75, 3.05) is 19.4 Å². The molecule has 0 unspecified atom stereocenters. The van der Waals surface area contributed by atoms with E-state index in [1.54, 1.807) is 7.11 Å². The van der Waals surface area contributed by atoms with E-state index in [0.29, 0.717) is 35.3 Å². The minimum Gasteiger partial charge on any atom is -0.497 e. The summed E-state index contributed by atoms with van der Waals surface area (Å²) in [6.45, 7) is 1.87. The summed E-state index contributed by atoms with van der Waals surface area (Å²) in [5, 5.41) is 11.8. The van der Waals surface area contributed by atoms with E-state index in [1.165, 1.54) is 43.0 Å². The minimum atomic E-state index is -0.388. The highest BCUT2D eigenvalue weighted by Crippen LogP contribution is 2.25. The summed E-state index contributed by atoms with van der Waals surface area (Å²) in [5.41, 5.74) is 1.22. The molecule has 0 aliphatic heterocycles. The number of thioether (sulfide) groups is 1. The molecule has 0 saturated heterocycles. The van der Waals surface area contributed by atoms with Gasteiger partial charge in [-0.05, 0) is 36.4 Å². The molecule has 1 heterocycles. The van der Waals surface area contributed by atoms with Crippen LogP contribution in [0, 0.1) is 5.82 Å². The van der Waals surface area contributed by atoms with Gasteiger partial charge >= 0.3 is 0 Å². The first-order valence-corrected chi connectivity index (χ1v) is 10.2. The normalized spacial score (nSPS) is 10.6. The van der Waals surface area contributed by atoms with Crippen molar-refractivity contribution in [1.29, 1.82) is 0 Å². The quantitative estimate of drug-likeness (QED) is 0.416. The van der Waals surface area contributed by atoms with Crippen molar-refractivity contribution in [1.82, 2.24) is 20.1 Å². The van der Waals surface area contributed by atoms with Gasteiger partial charge in [-0.25, -0.2) is 4.39 Å². The smallest absolute Gasteiger partial charge is 0.216 e. The van der Waals surface area contributed by atoms with Crippen molar-refractivity contribution >= 4 is 23.5 Å². The number of carbonyl (C=O) groups excluding carboxylic acids is 2. The van der Waals surface area contributed by atoms with Crippen LogP contribution in [0.5, 0.6) is 5.75 Å². The molecule has 1 amide bonds. The molecule has 1 N–H and O–H groups in total. The third-order valence-corrected chi connectivity index (χ3v) is 5.16. The SMILES string of the molecule is COc1cccc(-n2c(CCNC(C)=O)nnc2SCC(=O)c2ccc(F)cc2)c1. The van der Waals surface area contributed by atoms with Gasteiger partial charge in [-0.3, -0.25) is 14.2 Å². The molecule has 9 heteroatoms. The molecule has 0 saturated carbocycles. The predicted molar refractivity (Wildman–Crippen MR) is 112 cm³/mol. The molecule has 0 aliphatic rings. The average molecular weight is 428 g/mol. The van der Waals surface area contributed by atoms with Gasteiger partial charge in [0.05, 0.1) is 18.6 Å². The van der Waals surface area contributed by atoms with Crippen molar-refractivity contribution < 1.29 is 18.7 Å². The van der Waals surface area contributed by atoms with Crippen LogP contribution in [0.2, 0.25) is 0 Å². The third-order valence-electron chi connectivity index (χ3n) is 4.23. The fourth-order valence-corrected chi connectivity index (χ4v) is 3.63. The maximum absolute atomic E-state index is 13.1. The van der Waals surface area contributed by atoms with Crippen LogP contribution in [0.1, 0.15) is 23.1 Å². The van der Waals surface area contributed by atoms with Gasteiger partial charge in [-0.2, -0.15) is 0 Å². The van der Waals surface area contributed by atoms with Gasteiger partial charge in [0, 0.05) is 31.5 Å². The number of methoxy groups -OCH3 is 1. The Morgan fingerprint density at radius 3 is 2.63 bits per heavy atom. The van der Waals surface area contributed by atoms with Crippen molar-refractivity contribution in [3.05, 3.63) is 65.7 Å². The number of nitrogens with zero attached hydrogens (tertiary/aromatic N) is 3. The summed E-state index contributed by atoms with van der Waals surface area (Å²) in [6, 6.07) is 12.9. The Kier molecular flexibility index (Phi) is 7.18. The summed E-state index contributed by atoms with van der Waals surface area (Å²) >= 11 is 1.24. The summed E-state index contributed by atoms with van der Waals surface area (Å²) in [6.07, 6.45) is 0.469. The van der Waals surface area contributed by atoms with Gasteiger partial charge in [0.2, 0.25) is 5.91 Å². The molecule has 3 aromatic rings. The summed E-state index contributed by atoms with van der Waals surface area (Å²) < 4.78 is 20.2. The maximum atomic E-state index is 13.1. The van der Waals surface area contributed by atoms with Gasteiger partial charge in [-0.15, -0.1) is 10.2 Å². The predicted octanol–water partition coefficient (Wildman–Crippen LogP) is 3.07. The Hall–Kier alpha value is -3.20. The number of aromatic nitrogens is 3. The van der Waals surface area contributed by atoms with E-state index >= 15 is 0 Å². The highest BCUT2D eigenvalue weighted by molar-refractivity contribution is 7.99. The van der Waals surface area contributed by atoms with E-state index in [9.17, 15) is 14.0 Å². The van der Waals surface area contributed by atoms with Crippen molar-refractivity contribution in [2.45, 2.75) is 18.5 Å². The van der Waals surface area contributed by atoms with Crippen LogP contribution in [-0.2, 0) is 11.2 Å². The fourth-order valence-electron chi connectivity index (χ4n) is 2.76. The molecule has 0 fully saturated rings. The molecule has 1 aromatic heterocycles. The first-order chi connectivity index (χ1) is 14.5. The number of nitrogens with one attached hydrogen (secondary N) is 1. The number of ketones is 1. The first-order valence-electron chi connectivity index (χ1n) is 9.22. The molecule has 0 radical (unpaired) electrons. The number of ether oxygens (including phenoxy) is 1. The largest absolute Gasteiger partial charge is 0.497 e. The number of rotatable bonds is 9. The lowest BCUT2D eigenvalue weighted by Crippen LogP contribution is -2.23. The average Bonchev–Trinajstić information content (AvgIpc) is 3.15. The highest BCUT2D eigenvalue weighted by Gasteiger charge is 2.17.